The molecule has 144 valence electrons. The minimum atomic E-state index is -0.608. The summed E-state index contributed by atoms with van der Waals surface area (Å²) >= 11 is 0. The van der Waals surface area contributed by atoms with Crippen LogP contribution in [0.4, 0.5) is 8.78 Å². The standard InChI is InChI=1S/C20H23BF2O4/c1-19(2)20(3,4)27-21(26-19)14-5-8-16(9-6-14)24-11-12-25-18-13-15(22)7-10-17(18)23/h5-10,13H,11-12H2,1-4H3. The van der Waals surface area contributed by atoms with Crippen LogP contribution in [0.2, 0.25) is 0 Å². The highest BCUT2D eigenvalue weighted by Gasteiger charge is 2.51. The Kier molecular flexibility index (Phi) is 5.44. The predicted octanol–water partition coefficient (Wildman–Crippen LogP) is 3.72. The highest BCUT2D eigenvalue weighted by Crippen LogP contribution is 2.36. The summed E-state index contributed by atoms with van der Waals surface area (Å²) in [5, 5.41) is 0. The summed E-state index contributed by atoms with van der Waals surface area (Å²) < 4.78 is 49.4. The largest absolute Gasteiger partial charge is 0.494 e. The molecule has 0 unspecified atom stereocenters. The first-order chi connectivity index (χ1) is 12.7. The molecule has 2 aromatic rings. The Morgan fingerprint density at radius 1 is 0.852 bits per heavy atom. The maximum Gasteiger partial charge on any atom is 0.494 e. The number of hydrogen-bond acceptors (Lipinski definition) is 4. The molecule has 0 aliphatic carbocycles. The van der Waals surface area contributed by atoms with Crippen molar-refractivity contribution >= 4 is 12.6 Å². The molecule has 1 saturated heterocycles. The second-order valence-corrected chi connectivity index (χ2v) is 7.43. The van der Waals surface area contributed by atoms with Crippen LogP contribution in [0.1, 0.15) is 27.7 Å². The summed E-state index contributed by atoms with van der Waals surface area (Å²) in [5.41, 5.74) is 0.117. The SMILES string of the molecule is CC1(C)OB(c2ccc(OCCOc3cc(F)ccc3F)cc2)OC1(C)C. The Bertz CT molecular complexity index is 777. The van der Waals surface area contributed by atoms with Crippen molar-refractivity contribution in [3.63, 3.8) is 0 Å². The fourth-order valence-corrected chi connectivity index (χ4v) is 2.60. The van der Waals surface area contributed by atoms with E-state index in [1.54, 1.807) is 0 Å². The zero-order valence-corrected chi connectivity index (χ0v) is 15.9. The second kappa shape index (κ2) is 7.48. The summed E-state index contributed by atoms with van der Waals surface area (Å²) in [6, 6.07) is 10.5. The number of benzene rings is 2. The third-order valence-electron chi connectivity index (χ3n) is 4.91. The van der Waals surface area contributed by atoms with Crippen molar-refractivity contribution in [2.45, 2.75) is 38.9 Å². The smallest absolute Gasteiger partial charge is 0.490 e. The third kappa shape index (κ3) is 4.42. The van der Waals surface area contributed by atoms with Gasteiger partial charge in [-0.3, -0.25) is 0 Å². The summed E-state index contributed by atoms with van der Waals surface area (Å²) in [7, 11) is -0.427. The molecule has 0 amide bonds. The minimum absolute atomic E-state index is 0.0966. The van der Waals surface area contributed by atoms with Crippen LogP contribution in [0.3, 0.4) is 0 Å². The lowest BCUT2D eigenvalue weighted by Crippen LogP contribution is -2.41. The van der Waals surface area contributed by atoms with Crippen LogP contribution in [-0.4, -0.2) is 31.5 Å². The first-order valence-electron chi connectivity index (χ1n) is 8.84. The van der Waals surface area contributed by atoms with Gasteiger partial charge in [-0.25, -0.2) is 8.78 Å². The van der Waals surface area contributed by atoms with E-state index in [2.05, 4.69) is 0 Å². The van der Waals surface area contributed by atoms with E-state index in [-0.39, 0.29) is 19.0 Å². The molecule has 0 N–H and O–H groups in total. The third-order valence-corrected chi connectivity index (χ3v) is 4.91. The molecule has 0 atom stereocenters. The highest BCUT2D eigenvalue weighted by atomic mass is 19.1. The zero-order chi connectivity index (χ0) is 19.7. The molecule has 27 heavy (non-hydrogen) atoms. The van der Waals surface area contributed by atoms with E-state index in [4.69, 9.17) is 18.8 Å². The molecule has 0 spiro atoms. The fourth-order valence-electron chi connectivity index (χ4n) is 2.60. The zero-order valence-electron chi connectivity index (χ0n) is 15.9. The predicted molar refractivity (Wildman–Crippen MR) is 99.5 cm³/mol. The van der Waals surface area contributed by atoms with Crippen LogP contribution in [0.5, 0.6) is 11.5 Å². The summed E-state index contributed by atoms with van der Waals surface area (Å²) in [5.74, 6) is -0.651. The van der Waals surface area contributed by atoms with Crippen molar-refractivity contribution in [3.05, 3.63) is 54.1 Å². The molecule has 4 nitrogen and oxygen atoms in total. The van der Waals surface area contributed by atoms with Crippen LogP contribution < -0.4 is 14.9 Å². The maximum atomic E-state index is 13.5. The number of ether oxygens (including phenoxy) is 2. The number of hydrogen-bond donors (Lipinski definition) is 0. The van der Waals surface area contributed by atoms with Crippen molar-refractivity contribution in [3.8, 4) is 11.5 Å². The van der Waals surface area contributed by atoms with E-state index in [0.29, 0.717) is 5.75 Å². The molecular formula is C20H23BF2O4. The average Bonchev–Trinajstić information content (AvgIpc) is 2.83. The molecule has 0 aromatic heterocycles. The lowest BCUT2D eigenvalue weighted by atomic mass is 9.79. The van der Waals surface area contributed by atoms with Crippen molar-refractivity contribution in [2.75, 3.05) is 13.2 Å². The lowest BCUT2D eigenvalue weighted by molar-refractivity contribution is 0.00578. The molecule has 1 aliphatic rings. The van der Waals surface area contributed by atoms with Gasteiger partial charge < -0.3 is 18.8 Å². The van der Waals surface area contributed by atoms with Gasteiger partial charge in [-0.2, -0.15) is 0 Å². The van der Waals surface area contributed by atoms with Gasteiger partial charge in [0.05, 0.1) is 11.2 Å². The number of rotatable bonds is 6. The first-order valence-corrected chi connectivity index (χ1v) is 8.84. The van der Waals surface area contributed by atoms with Gasteiger partial charge in [-0.15, -0.1) is 0 Å². The second-order valence-electron chi connectivity index (χ2n) is 7.43. The summed E-state index contributed by atoms with van der Waals surface area (Å²) in [4.78, 5) is 0. The van der Waals surface area contributed by atoms with Gasteiger partial charge >= 0.3 is 7.12 Å². The normalized spacial score (nSPS) is 17.8. The van der Waals surface area contributed by atoms with Gasteiger partial charge in [-0.05, 0) is 57.4 Å². The van der Waals surface area contributed by atoms with E-state index in [0.717, 1.165) is 23.7 Å². The van der Waals surface area contributed by atoms with E-state index >= 15 is 0 Å². The Balaban J connectivity index is 1.51. The fraction of sp³-hybridized carbons (Fsp3) is 0.400. The molecule has 0 radical (unpaired) electrons. The number of halogens is 2. The molecule has 2 aromatic carbocycles. The molecule has 1 aliphatic heterocycles. The quantitative estimate of drug-likeness (QED) is 0.569. The molecular weight excluding hydrogens is 353 g/mol. The molecule has 7 heteroatoms. The Hall–Kier alpha value is -2.12. The van der Waals surface area contributed by atoms with Crippen molar-refractivity contribution < 1.29 is 27.6 Å². The highest BCUT2D eigenvalue weighted by molar-refractivity contribution is 6.62. The van der Waals surface area contributed by atoms with E-state index in [1.807, 2.05) is 52.0 Å². The van der Waals surface area contributed by atoms with E-state index < -0.39 is 30.0 Å². The van der Waals surface area contributed by atoms with Gasteiger partial charge in [-0.1, -0.05) is 12.1 Å². The van der Waals surface area contributed by atoms with Gasteiger partial charge in [0.2, 0.25) is 0 Å². The average molecular weight is 376 g/mol. The van der Waals surface area contributed by atoms with Crippen molar-refractivity contribution in [2.24, 2.45) is 0 Å². The van der Waals surface area contributed by atoms with Gasteiger partial charge in [0.25, 0.3) is 0 Å². The molecule has 0 saturated carbocycles. The topological polar surface area (TPSA) is 36.9 Å². The van der Waals surface area contributed by atoms with Crippen LogP contribution in [0.25, 0.3) is 0 Å². The lowest BCUT2D eigenvalue weighted by Gasteiger charge is -2.32. The van der Waals surface area contributed by atoms with E-state index in [1.165, 1.54) is 0 Å². The summed E-state index contributed by atoms with van der Waals surface area (Å²) in [6.45, 7) is 8.32. The van der Waals surface area contributed by atoms with Crippen molar-refractivity contribution in [1.82, 2.24) is 0 Å². The molecule has 1 heterocycles. The van der Waals surface area contributed by atoms with Crippen LogP contribution >= 0.6 is 0 Å². The molecule has 1 fully saturated rings. The Morgan fingerprint density at radius 2 is 1.44 bits per heavy atom. The Labute approximate surface area is 158 Å². The van der Waals surface area contributed by atoms with E-state index in [9.17, 15) is 8.78 Å². The van der Waals surface area contributed by atoms with Gasteiger partial charge in [0, 0.05) is 6.07 Å². The van der Waals surface area contributed by atoms with Gasteiger partial charge in [0.15, 0.2) is 11.6 Å². The van der Waals surface area contributed by atoms with Crippen LogP contribution in [-0.2, 0) is 9.31 Å². The first kappa shape index (κ1) is 19.6. The Morgan fingerprint density at radius 3 is 2.07 bits per heavy atom. The molecule has 3 rings (SSSR count). The van der Waals surface area contributed by atoms with Crippen molar-refractivity contribution in [1.29, 1.82) is 0 Å². The maximum absolute atomic E-state index is 13.5. The van der Waals surface area contributed by atoms with Crippen LogP contribution in [0, 0.1) is 11.6 Å². The molecule has 0 bridgehead atoms. The van der Waals surface area contributed by atoms with Crippen LogP contribution in [0.15, 0.2) is 42.5 Å². The summed E-state index contributed by atoms with van der Waals surface area (Å²) in [6.07, 6.45) is 0. The minimum Gasteiger partial charge on any atom is -0.490 e. The van der Waals surface area contributed by atoms with Gasteiger partial charge in [0.1, 0.15) is 24.8 Å². The monoisotopic (exact) mass is 376 g/mol.